The lowest BCUT2D eigenvalue weighted by Crippen LogP contribution is -2.34. The molecule has 1 aliphatic carbocycles. The molecule has 1 N–H and O–H groups in total. The number of hydrogen-bond acceptors (Lipinski definition) is 2. The Morgan fingerprint density at radius 1 is 1.06 bits per heavy atom. The molecule has 0 spiro atoms. The van der Waals surface area contributed by atoms with Crippen molar-refractivity contribution in [3.63, 3.8) is 0 Å². The van der Waals surface area contributed by atoms with E-state index in [2.05, 4.69) is 37.8 Å². The Labute approximate surface area is 119 Å². The Morgan fingerprint density at radius 3 is 2.28 bits per heavy atom. The first kappa shape index (κ1) is 16.4. The van der Waals surface area contributed by atoms with Gasteiger partial charge >= 0.3 is 0 Å². The Balaban J connectivity index is 2.27. The first-order chi connectivity index (χ1) is 8.80. The van der Waals surface area contributed by atoms with E-state index in [0.29, 0.717) is 0 Å². The van der Waals surface area contributed by atoms with Crippen molar-refractivity contribution < 1.29 is 0 Å². The molecule has 0 saturated heterocycles. The standard InChI is InChI=1S/C16H33NS/c1-4-14(5-2)12-15(17-6-3)13-18-16-10-8-7-9-11-16/h14-17H,4-13H2,1-3H3. The highest BCUT2D eigenvalue weighted by Crippen LogP contribution is 2.29. The summed E-state index contributed by atoms with van der Waals surface area (Å²) >= 11 is 2.25. The molecule has 0 aromatic heterocycles. The zero-order valence-corrected chi connectivity index (χ0v) is 13.5. The average molecular weight is 272 g/mol. The molecule has 108 valence electrons. The van der Waals surface area contributed by atoms with E-state index in [-0.39, 0.29) is 0 Å². The van der Waals surface area contributed by atoms with Gasteiger partial charge < -0.3 is 5.32 Å². The summed E-state index contributed by atoms with van der Waals surface area (Å²) in [6, 6.07) is 0.742. The summed E-state index contributed by atoms with van der Waals surface area (Å²) in [5, 5.41) is 4.66. The first-order valence-electron chi connectivity index (χ1n) is 8.15. The van der Waals surface area contributed by atoms with Crippen molar-refractivity contribution in [3.8, 4) is 0 Å². The summed E-state index contributed by atoms with van der Waals surface area (Å²) in [5.74, 6) is 2.25. The zero-order chi connectivity index (χ0) is 13.2. The highest BCUT2D eigenvalue weighted by atomic mass is 32.2. The molecule has 0 radical (unpaired) electrons. The third-order valence-electron chi connectivity index (χ3n) is 4.35. The van der Waals surface area contributed by atoms with Crippen LogP contribution >= 0.6 is 11.8 Å². The zero-order valence-electron chi connectivity index (χ0n) is 12.7. The van der Waals surface area contributed by atoms with Gasteiger partial charge in [-0.25, -0.2) is 0 Å². The minimum absolute atomic E-state index is 0.742. The largest absolute Gasteiger partial charge is 0.313 e. The molecule has 0 aromatic rings. The van der Waals surface area contributed by atoms with Crippen LogP contribution in [-0.4, -0.2) is 23.6 Å². The van der Waals surface area contributed by atoms with Gasteiger partial charge in [-0.1, -0.05) is 52.9 Å². The van der Waals surface area contributed by atoms with Crippen molar-refractivity contribution in [2.45, 2.75) is 83.4 Å². The second-order valence-electron chi connectivity index (χ2n) is 5.77. The van der Waals surface area contributed by atoms with E-state index in [1.54, 1.807) is 0 Å². The summed E-state index contributed by atoms with van der Waals surface area (Å²) < 4.78 is 0. The lowest BCUT2D eigenvalue weighted by atomic mass is 9.95. The molecule has 1 aliphatic rings. The van der Waals surface area contributed by atoms with Crippen LogP contribution in [0, 0.1) is 5.92 Å². The molecule has 0 bridgehead atoms. The van der Waals surface area contributed by atoms with Crippen molar-refractivity contribution in [2.75, 3.05) is 12.3 Å². The third-order valence-corrected chi connectivity index (χ3v) is 5.89. The maximum absolute atomic E-state index is 3.70. The number of thioether (sulfide) groups is 1. The molecule has 18 heavy (non-hydrogen) atoms. The topological polar surface area (TPSA) is 12.0 Å². The van der Waals surface area contributed by atoms with Crippen LogP contribution < -0.4 is 5.32 Å². The van der Waals surface area contributed by atoms with E-state index in [1.807, 2.05) is 0 Å². The van der Waals surface area contributed by atoms with Crippen LogP contribution in [0.3, 0.4) is 0 Å². The molecule has 1 rings (SSSR count). The summed E-state index contributed by atoms with van der Waals surface area (Å²) in [6.07, 6.45) is 11.4. The summed E-state index contributed by atoms with van der Waals surface area (Å²) in [4.78, 5) is 0. The van der Waals surface area contributed by atoms with Gasteiger partial charge in [0, 0.05) is 17.0 Å². The molecular weight excluding hydrogens is 238 g/mol. The van der Waals surface area contributed by atoms with Crippen molar-refractivity contribution in [3.05, 3.63) is 0 Å². The van der Waals surface area contributed by atoms with Crippen LogP contribution in [0.4, 0.5) is 0 Å². The second kappa shape index (κ2) is 10.1. The summed E-state index contributed by atoms with van der Waals surface area (Å²) in [6.45, 7) is 8.04. The molecule has 1 nitrogen and oxygen atoms in total. The van der Waals surface area contributed by atoms with Gasteiger partial charge in [-0.3, -0.25) is 0 Å². The van der Waals surface area contributed by atoms with Crippen molar-refractivity contribution in [1.82, 2.24) is 5.32 Å². The highest BCUT2D eigenvalue weighted by molar-refractivity contribution is 7.99. The molecule has 0 amide bonds. The SMILES string of the molecule is CCNC(CSC1CCCCC1)CC(CC)CC. The Bertz CT molecular complexity index is 186. The van der Waals surface area contributed by atoms with Crippen LogP contribution in [0.15, 0.2) is 0 Å². The van der Waals surface area contributed by atoms with Crippen LogP contribution in [0.2, 0.25) is 0 Å². The maximum atomic E-state index is 3.70. The number of hydrogen-bond donors (Lipinski definition) is 1. The van der Waals surface area contributed by atoms with Gasteiger partial charge in [0.25, 0.3) is 0 Å². The molecule has 0 heterocycles. The summed E-state index contributed by atoms with van der Waals surface area (Å²) in [7, 11) is 0. The monoisotopic (exact) mass is 271 g/mol. The van der Waals surface area contributed by atoms with Gasteiger partial charge in [0.15, 0.2) is 0 Å². The fourth-order valence-corrected chi connectivity index (χ4v) is 4.43. The first-order valence-corrected chi connectivity index (χ1v) is 9.19. The van der Waals surface area contributed by atoms with E-state index < -0.39 is 0 Å². The van der Waals surface area contributed by atoms with Gasteiger partial charge in [-0.2, -0.15) is 11.8 Å². The minimum Gasteiger partial charge on any atom is -0.313 e. The van der Waals surface area contributed by atoms with Gasteiger partial charge in [0.1, 0.15) is 0 Å². The van der Waals surface area contributed by atoms with Gasteiger partial charge in [-0.15, -0.1) is 0 Å². The Hall–Kier alpha value is 0.310. The Kier molecular flexibility index (Phi) is 9.22. The van der Waals surface area contributed by atoms with E-state index >= 15 is 0 Å². The second-order valence-corrected chi connectivity index (χ2v) is 7.10. The van der Waals surface area contributed by atoms with Crippen LogP contribution in [0.1, 0.15) is 72.1 Å². The molecule has 1 unspecified atom stereocenters. The van der Waals surface area contributed by atoms with E-state index in [0.717, 1.165) is 23.8 Å². The molecule has 1 saturated carbocycles. The molecule has 2 heteroatoms. The van der Waals surface area contributed by atoms with Gasteiger partial charge in [-0.05, 0) is 31.7 Å². The minimum atomic E-state index is 0.742. The predicted molar refractivity (Wildman–Crippen MR) is 85.5 cm³/mol. The fourth-order valence-electron chi connectivity index (χ4n) is 3.01. The molecule has 1 fully saturated rings. The molecule has 0 aliphatic heterocycles. The van der Waals surface area contributed by atoms with Gasteiger partial charge in [0.2, 0.25) is 0 Å². The van der Waals surface area contributed by atoms with Crippen molar-refractivity contribution >= 4 is 11.8 Å². The summed E-state index contributed by atoms with van der Waals surface area (Å²) in [5.41, 5.74) is 0. The molecule has 1 atom stereocenters. The van der Waals surface area contributed by atoms with Crippen LogP contribution in [0.5, 0.6) is 0 Å². The highest BCUT2D eigenvalue weighted by Gasteiger charge is 2.18. The fraction of sp³-hybridized carbons (Fsp3) is 1.00. The lowest BCUT2D eigenvalue weighted by Gasteiger charge is -2.26. The number of rotatable bonds is 9. The normalized spacial score (nSPS) is 19.3. The quantitative estimate of drug-likeness (QED) is 0.643. The van der Waals surface area contributed by atoms with Gasteiger partial charge in [0.05, 0.1) is 0 Å². The van der Waals surface area contributed by atoms with Crippen molar-refractivity contribution in [1.29, 1.82) is 0 Å². The van der Waals surface area contributed by atoms with Crippen LogP contribution in [-0.2, 0) is 0 Å². The van der Waals surface area contributed by atoms with E-state index in [4.69, 9.17) is 0 Å². The lowest BCUT2D eigenvalue weighted by molar-refractivity contribution is 0.387. The third kappa shape index (κ3) is 6.47. The maximum Gasteiger partial charge on any atom is 0.0160 e. The smallest absolute Gasteiger partial charge is 0.0160 e. The van der Waals surface area contributed by atoms with Crippen molar-refractivity contribution in [2.24, 2.45) is 5.92 Å². The van der Waals surface area contributed by atoms with E-state index in [9.17, 15) is 0 Å². The Morgan fingerprint density at radius 2 is 1.72 bits per heavy atom. The van der Waals surface area contributed by atoms with Crippen LogP contribution in [0.25, 0.3) is 0 Å². The average Bonchev–Trinajstić information content (AvgIpc) is 2.43. The van der Waals surface area contributed by atoms with E-state index in [1.165, 1.54) is 57.1 Å². The molecule has 0 aromatic carbocycles. The molecular formula is C16H33NS. The predicted octanol–water partition coefficient (Wildman–Crippen LogP) is 4.86. The number of nitrogens with one attached hydrogen (secondary N) is 1.